The molecule has 1 spiro atoms. The van der Waals surface area contributed by atoms with Crippen molar-refractivity contribution in [2.75, 3.05) is 37.8 Å². The highest BCUT2D eigenvalue weighted by atomic mass is 32.2. The van der Waals surface area contributed by atoms with E-state index in [0.717, 1.165) is 31.8 Å². The molecule has 116 valence electrons. The largest absolute Gasteiger partial charge is 0.372 e. The van der Waals surface area contributed by atoms with E-state index in [0.29, 0.717) is 19.0 Å². The summed E-state index contributed by atoms with van der Waals surface area (Å²) in [4.78, 5) is 4.23. The molecule has 0 aromatic carbocycles. The van der Waals surface area contributed by atoms with Crippen molar-refractivity contribution in [1.82, 2.24) is 9.29 Å². The number of ether oxygens (including phenoxy) is 1. The van der Waals surface area contributed by atoms with Gasteiger partial charge < -0.3 is 10.1 Å². The van der Waals surface area contributed by atoms with E-state index in [1.54, 1.807) is 6.20 Å². The molecule has 2 aliphatic heterocycles. The van der Waals surface area contributed by atoms with Gasteiger partial charge in [-0.1, -0.05) is 6.07 Å². The molecule has 2 aliphatic rings. The number of sulfonamides is 1. The van der Waals surface area contributed by atoms with Gasteiger partial charge >= 0.3 is 0 Å². The van der Waals surface area contributed by atoms with Gasteiger partial charge in [-0.25, -0.2) is 13.4 Å². The zero-order valence-corrected chi connectivity index (χ0v) is 13.0. The average Bonchev–Trinajstić information content (AvgIpc) is 2.81. The molecule has 3 heterocycles. The fourth-order valence-corrected chi connectivity index (χ4v) is 4.08. The Morgan fingerprint density at radius 1 is 1.48 bits per heavy atom. The predicted molar refractivity (Wildman–Crippen MR) is 80.6 cm³/mol. The summed E-state index contributed by atoms with van der Waals surface area (Å²) in [5, 5.41) is 3.30. The molecule has 3 rings (SSSR count). The van der Waals surface area contributed by atoms with E-state index >= 15 is 0 Å². The van der Waals surface area contributed by atoms with Crippen LogP contribution in [0.1, 0.15) is 12.8 Å². The molecule has 2 fully saturated rings. The maximum Gasteiger partial charge on any atom is 0.211 e. The summed E-state index contributed by atoms with van der Waals surface area (Å²) in [6, 6.07) is 5.78. The first kappa shape index (κ1) is 14.7. The van der Waals surface area contributed by atoms with E-state index < -0.39 is 10.0 Å². The Morgan fingerprint density at radius 3 is 2.95 bits per heavy atom. The van der Waals surface area contributed by atoms with Gasteiger partial charge in [0.15, 0.2) is 0 Å². The number of pyridine rings is 1. The first-order chi connectivity index (χ1) is 10.00. The lowest BCUT2D eigenvalue weighted by Gasteiger charge is -2.48. The standard InChI is InChI=1S/C14H21N3O3S/c1-21(18,19)17-10-14(11-17)12(6-9-20-14)5-8-16-13-4-2-3-7-15-13/h2-4,7,12H,5-6,8-11H2,1H3,(H,15,16)/t12-/m0/s1. The first-order valence-electron chi connectivity index (χ1n) is 7.24. The van der Waals surface area contributed by atoms with Gasteiger partial charge in [0.05, 0.1) is 11.9 Å². The predicted octanol–water partition coefficient (Wildman–Crippen LogP) is 0.934. The van der Waals surface area contributed by atoms with Crippen LogP contribution in [0, 0.1) is 5.92 Å². The molecule has 0 radical (unpaired) electrons. The minimum Gasteiger partial charge on any atom is -0.372 e. The molecule has 1 atom stereocenters. The van der Waals surface area contributed by atoms with E-state index in [2.05, 4.69) is 10.3 Å². The lowest BCUT2D eigenvalue weighted by atomic mass is 9.80. The van der Waals surface area contributed by atoms with E-state index in [1.165, 1.54) is 10.6 Å². The van der Waals surface area contributed by atoms with Crippen molar-refractivity contribution in [2.24, 2.45) is 5.92 Å². The third kappa shape index (κ3) is 3.04. The first-order valence-corrected chi connectivity index (χ1v) is 9.08. The highest BCUT2D eigenvalue weighted by Gasteiger charge is 2.55. The summed E-state index contributed by atoms with van der Waals surface area (Å²) < 4.78 is 30.4. The lowest BCUT2D eigenvalue weighted by Crippen LogP contribution is -2.65. The van der Waals surface area contributed by atoms with Crippen LogP contribution < -0.4 is 5.32 Å². The summed E-state index contributed by atoms with van der Waals surface area (Å²) in [6.45, 7) is 2.55. The third-order valence-electron chi connectivity index (χ3n) is 4.42. The Balaban J connectivity index is 1.52. The van der Waals surface area contributed by atoms with E-state index in [4.69, 9.17) is 4.74 Å². The summed E-state index contributed by atoms with van der Waals surface area (Å²) >= 11 is 0. The topological polar surface area (TPSA) is 71.5 Å². The van der Waals surface area contributed by atoms with Crippen molar-refractivity contribution in [3.05, 3.63) is 24.4 Å². The quantitative estimate of drug-likeness (QED) is 0.876. The molecule has 0 saturated carbocycles. The van der Waals surface area contributed by atoms with Gasteiger partial charge in [-0.3, -0.25) is 0 Å². The van der Waals surface area contributed by atoms with Crippen LogP contribution in [0.25, 0.3) is 0 Å². The molecule has 1 aromatic rings. The number of hydrogen-bond acceptors (Lipinski definition) is 5. The molecule has 21 heavy (non-hydrogen) atoms. The number of anilines is 1. The molecule has 7 heteroatoms. The van der Waals surface area contributed by atoms with Crippen LogP contribution in [0.15, 0.2) is 24.4 Å². The summed E-state index contributed by atoms with van der Waals surface area (Å²) in [5.41, 5.74) is -0.255. The van der Waals surface area contributed by atoms with Crippen LogP contribution in [0.4, 0.5) is 5.82 Å². The van der Waals surface area contributed by atoms with Crippen molar-refractivity contribution in [3.8, 4) is 0 Å². The van der Waals surface area contributed by atoms with Crippen molar-refractivity contribution in [3.63, 3.8) is 0 Å². The molecule has 1 N–H and O–H groups in total. The van der Waals surface area contributed by atoms with Crippen LogP contribution in [0.2, 0.25) is 0 Å². The van der Waals surface area contributed by atoms with Crippen molar-refractivity contribution < 1.29 is 13.2 Å². The monoisotopic (exact) mass is 311 g/mol. The number of hydrogen-bond donors (Lipinski definition) is 1. The van der Waals surface area contributed by atoms with Crippen LogP contribution in [-0.4, -0.2) is 55.8 Å². The fourth-order valence-electron chi connectivity index (χ4n) is 3.17. The van der Waals surface area contributed by atoms with Gasteiger partial charge in [-0.15, -0.1) is 0 Å². The van der Waals surface area contributed by atoms with Crippen LogP contribution >= 0.6 is 0 Å². The van der Waals surface area contributed by atoms with Crippen LogP contribution in [-0.2, 0) is 14.8 Å². The summed E-state index contributed by atoms with van der Waals surface area (Å²) in [7, 11) is -3.09. The van der Waals surface area contributed by atoms with Gasteiger partial charge in [-0.05, 0) is 30.9 Å². The zero-order chi connectivity index (χ0) is 14.9. The fraction of sp³-hybridized carbons (Fsp3) is 0.643. The Morgan fingerprint density at radius 2 is 2.29 bits per heavy atom. The number of nitrogens with one attached hydrogen (secondary N) is 1. The Kier molecular flexibility index (Phi) is 3.90. The average molecular weight is 311 g/mol. The zero-order valence-electron chi connectivity index (χ0n) is 12.2. The highest BCUT2D eigenvalue weighted by Crippen LogP contribution is 2.42. The van der Waals surface area contributed by atoms with Gasteiger partial charge in [-0.2, -0.15) is 4.31 Å². The third-order valence-corrected chi connectivity index (χ3v) is 5.62. The number of aromatic nitrogens is 1. The molecule has 0 aliphatic carbocycles. The normalized spacial score (nSPS) is 24.9. The second-order valence-corrected chi connectivity index (χ2v) is 7.84. The van der Waals surface area contributed by atoms with E-state index in [-0.39, 0.29) is 5.60 Å². The van der Waals surface area contributed by atoms with Gasteiger partial charge in [0.25, 0.3) is 0 Å². The second kappa shape index (κ2) is 5.55. The molecule has 0 amide bonds. The van der Waals surface area contributed by atoms with Gasteiger partial charge in [0, 0.05) is 32.4 Å². The molecule has 1 aromatic heterocycles. The van der Waals surface area contributed by atoms with E-state index in [9.17, 15) is 8.42 Å². The summed E-state index contributed by atoms with van der Waals surface area (Å²) in [6.07, 6.45) is 4.99. The molecule has 0 unspecified atom stereocenters. The Labute approximate surface area is 125 Å². The smallest absolute Gasteiger partial charge is 0.211 e. The Hall–Kier alpha value is -1.18. The second-order valence-electron chi connectivity index (χ2n) is 5.86. The maximum atomic E-state index is 11.5. The molecule has 2 saturated heterocycles. The lowest BCUT2D eigenvalue weighted by molar-refractivity contribution is -0.101. The van der Waals surface area contributed by atoms with Crippen molar-refractivity contribution in [2.45, 2.75) is 18.4 Å². The van der Waals surface area contributed by atoms with Crippen molar-refractivity contribution >= 4 is 15.8 Å². The Bertz CT molecular complexity index is 585. The maximum absolute atomic E-state index is 11.5. The molecular weight excluding hydrogens is 290 g/mol. The summed E-state index contributed by atoms with van der Waals surface area (Å²) in [5.74, 6) is 1.28. The van der Waals surface area contributed by atoms with Crippen molar-refractivity contribution in [1.29, 1.82) is 0 Å². The number of nitrogens with zero attached hydrogens (tertiary/aromatic N) is 2. The van der Waals surface area contributed by atoms with E-state index in [1.807, 2.05) is 18.2 Å². The van der Waals surface area contributed by atoms with Crippen LogP contribution in [0.5, 0.6) is 0 Å². The highest BCUT2D eigenvalue weighted by molar-refractivity contribution is 7.88. The van der Waals surface area contributed by atoms with Crippen LogP contribution in [0.3, 0.4) is 0 Å². The minimum absolute atomic E-state index is 0.255. The SMILES string of the molecule is CS(=O)(=O)N1CC2(C1)OCC[C@@H]2CCNc1ccccn1. The minimum atomic E-state index is -3.09. The number of rotatable bonds is 5. The molecular formula is C14H21N3O3S. The molecule has 0 bridgehead atoms. The van der Waals surface area contributed by atoms with Gasteiger partial charge in [0.2, 0.25) is 10.0 Å². The van der Waals surface area contributed by atoms with Gasteiger partial charge in [0.1, 0.15) is 5.82 Å². The molecule has 6 nitrogen and oxygen atoms in total.